The number of nitrogens with one attached hydrogen (secondary N) is 1. The number of hydrogen-bond donors (Lipinski definition) is 2. The van der Waals surface area contributed by atoms with Crippen molar-refractivity contribution in [1.82, 2.24) is 5.32 Å². The largest absolute Gasteiger partial charge is 0.507 e. The molecule has 1 aliphatic rings. The van der Waals surface area contributed by atoms with Crippen LogP contribution in [0.4, 0.5) is 0 Å². The smallest absolute Gasteiger partial charge is 0.255 e. The van der Waals surface area contributed by atoms with Gasteiger partial charge >= 0.3 is 0 Å². The summed E-state index contributed by atoms with van der Waals surface area (Å²) < 4.78 is 0. The Bertz CT molecular complexity index is 460. The highest BCUT2D eigenvalue weighted by molar-refractivity contribution is 5.97. The number of phenolic OH excluding ortho intramolecular Hbond substituents is 1. The summed E-state index contributed by atoms with van der Waals surface area (Å²) in [6.07, 6.45) is 3.30. The summed E-state index contributed by atoms with van der Waals surface area (Å²) in [5.41, 5.74) is 1.32. The van der Waals surface area contributed by atoms with E-state index in [0.717, 1.165) is 18.4 Å². The van der Waals surface area contributed by atoms with Gasteiger partial charge in [-0.2, -0.15) is 0 Å². The van der Waals surface area contributed by atoms with E-state index in [4.69, 9.17) is 0 Å². The van der Waals surface area contributed by atoms with Crippen LogP contribution in [-0.4, -0.2) is 17.1 Å². The molecular weight excluding hydrogens is 238 g/mol. The standard InChI is InChI=1S/C16H23NO2/c1-10-4-5-14(15(18)9-10)16(19)17-13-7-11(2)6-12(3)8-13/h4-5,9,11-13,18H,6-8H2,1-3H3,(H,17,19). The van der Waals surface area contributed by atoms with Crippen LogP contribution in [0.25, 0.3) is 0 Å². The van der Waals surface area contributed by atoms with Crippen molar-refractivity contribution in [2.75, 3.05) is 0 Å². The Balaban J connectivity index is 2.04. The molecule has 3 heteroatoms. The Labute approximate surface area is 115 Å². The van der Waals surface area contributed by atoms with Crippen LogP contribution < -0.4 is 5.32 Å². The average Bonchev–Trinajstić information content (AvgIpc) is 2.26. The second-order valence-corrected chi connectivity index (χ2v) is 6.11. The lowest BCUT2D eigenvalue weighted by Gasteiger charge is -2.32. The summed E-state index contributed by atoms with van der Waals surface area (Å²) in [5, 5.41) is 12.9. The van der Waals surface area contributed by atoms with Crippen LogP contribution in [0.5, 0.6) is 5.75 Å². The first-order valence-corrected chi connectivity index (χ1v) is 7.06. The number of carbonyl (C=O) groups excluding carboxylic acids is 1. The maximum absolute atomic E-state index is 12.2. The molecule has 1 aromatic rings. The molecule has 1 fully saturated rings. The number of aryl methyl sites for hydroxylation is 1. The van der Waals surface area contributed by atoms with E-state index in [0.29, 0.717) is 17.4 Å². The van der Waals surface area contributed by atoms with Crippen molar-refractivity contribution < 1.29 is 9.90 Å². The maximum atomic E-state index is 12.2. The number of rotatable bonds is 2. The van der Waals surface area contributed by atoms with Crippen molar-refractivity contribution in [3.05, 3.63) is 29.3 Å². The summed E-state index contributed by atoms with van der Waals surface area (Å²) in [4.78, 5) is 12.2. The van der Waals surface area contributed by atoms with E-state index in [1.165, 1.54) is 6.42 Å². The summed E-state index contributed by atoms with van der Waals surface area (Å²) in [6, 6.07) is 5.39. The molecule has 2 rings (SSSR count). The number of carbonyl (C=O) groups is 1. The Hall–Kier alpha value is -1.51. The summed E-state index contributed by atoms with van der Waals surface area (Å²) >= 11 is 0. The highest BCUT2D eigenvalue weighted by Crippen LogP contribution is 2.29. The summed E-state index contributed by atoms with van der Waals surface area (Å²) in [5.74, 6) is 1.21. The number of amides is 1. The third-order valence-corrected chi connectivity index (χ3v) is 3.91. The summed E-state index contributed by atoms with van der Waals surface area (Å²) in [7, 11) is 0. The Kier molecular flexibility index (Phi) is 4.13. The van der Waals surface area contributed by atoms with Gasteiger partial charge in [0.1, 0.15) is 5.75 Å². The Morgan fingerprint density at radius 2 is 1.84 bits per heavy atom. The Morgan fingerprint density at radius 3 is 2.42 bits per heavy atom. The van der Waals surface area contributed by atoms with Gasteiger partial charge in [0.05, 0.1) is 5.56 Å². The lowest BCUT2D eigenvalue weighted by molar-refractivity contribution is 0.0908. The van der Waals surface area contributed by atoms with Crippen LogP contribution in [0.1, 0.15) is 49.0 Å². The van der Waals surface area contributed by atoms with Crippen LogP contribution in [0.3, 0.4) is 0 Å². The SMILES string of the molecule is Cc1ccc(C(=O)NC2CC(C)CC(C)C2)c(O)c1. The molecule has 104 valence electrons. The van der Waals surface area contributed by atoms with Gasteiger partial charge in [0, 0.05) is 6.04 Å². The zero-order valence-corrected chi connectivity index (χ0v) is 11.9. The van der Waals surface area contributed by atoms with Crippen molar-refractivity contribution in [3.63, 3.8) is 0 Å². The molecule has 2 atom stereocenters. The molecule has 3 nitrogen and oxygen atoms in total. The molecule has 0 radical (unpaired) electrons. The first-order chi connectivity index (χ1) is 8.95. The molecule has 0 bridgehead atoms. The number of phenols is 1. The van der Waals surface area contributed by atoms with Gasteiger partial charge in [-0.15, -0.1) is 0 Å². The van der Waals surface area contributed by atoms with Gasteiger partial charge in [-0.1, -0.05) is 19.9 Å². The first kappa shape index (κ1) is 13.9. The molecule has 0 saturated heterocycles. The zero-order valence-electron chi connectivity index (χ0n) is 11.9. The second kappa shape index (κ2) is 5.64. The molecule has 1 aromatic carbocycles. The van der Waals surface area contributed by atoms with Crippen LogP contribution >= 0.6 is 0 Å². The predicted molar refractivity (Wildman–Crippen MR) is 76.3 cm³/mol. The molecule has 2 unspecified atom stereocenters. The van der Waals surface area contributed by atoms with Gasteiger partial charge in [-0.25, -0.2) is 0 Å². The molecule has 1 saturated carbocycles. The van der Waals surface area contributed by atoms with Crippen LogP contribution in [0.15, 0.2) is 18.2 Å². The van der Waals surface area contributed by atoms with Crippen LogP contribution in [0.2, 0.25) is 0 Å². The Morgan fingerprint density at radius 1 is 1.21 bits per heavy atom. The van der Waals surface area contributed by atoms with Crippen molar-refractivity contribution >= 4 is 5.91 Å². The van der Waals surface area contributed by atoms with Gasteiger partial charge in [-0.3, -0.25) is 4.79 Å². The number of benzene rings is 1. The molecule has 19 heavy (non-hydrogen) atoms. The molecule has 0 aromatic heterocycles. The van der Waals surface area contributed by atoms with E-state index in [-0.39, 0.29) is 17.7 Å². The molecule has 0 heterocycles. The van der Waals surface area contributed by atoms with E-state index in [2.05, 4.69) is 19.2 Å². The topological polar surface area (TPSA) is 49.3 Å². The van der Waals surface area contributed by atoms with E-state index < -0.39 is 0 Å². The fourth-order valence-corrected chi connectivity index (χ4v) is 3.16. The van der Waals surface area contributed by atoms with Crippen LogP contribution in [-0.2, 0) is 0 Å². The van der Waals surface area contributed by atoms with Crippen molar-refractivity contribution in [2.24, 2.45) is 11.8 Å². The van der Waals surface area contributed by atoms with Crippen molar-refractivity contribution in [1.29, 1.82) is 0 Å². The van der Waals surface area contributed by atoms with Gasteiger partial charge < -0.3 is 10.4 Å². The highest BCUT2D eigenvalue weighted by atomic mass is 16.3. The third kappa shape index (κ3) is 3.49. The van der Waals surface area contributed by atoms with E-state index >= 15 is 0 Å². The normalized spacial score (nSPS) is 27.0. The molecule has 1 amide bonds. The monoisotopic (exact) mass is 261 g/mol. The minimum atomic E-state index is -0.163. The summed E-state index contributed by atoms with van der Waals surface area (Å²) in [6.45, 7) is 6.36. The van der Waals surface area contributed by atoms with E-state index in [9.17, 15) is 9.90 Å². The molecule has 2 N–H and O–H groups in total. The van der Waals surface area contributed by atoms with E-state index in [1.807, 2.05) is 13.0 Å². The fourth-order valence-electron chi connectivity index (χ4n) is 3.16. The van der Waals surface area contributed by atoms with Gasteiger partial charge in [-0.05, 0) is 55.7 Å². The van der Waals surface area contributed by atoms with Crippen molar-refractivity contribution in [3.8, 4) is 5.75 Å². The lowest BCUT2D eigenvalue weighted by atomic mass is 9.80. The maximum Gasteiger partial charge on any atom is 0.255 e. The molecule has 1 aliphatic carbocycles. The third-order valence-electron chi connectivity index (χ3n) is 3.91. The fraction of sp³-hybridized carbons (Fsp3) is 0.562. The predicted octanol–water partition coefficient (Wildman–Crippen LogP) is 3.26. The quantitative estimate of drug-likeness (QED) is 0.858. The zero-order chi connectivity index (χ0) is 14.0. The molecule has 0 spiro atoms. The lowest BCUT2D eigenvalue weighted by Crippen LogP contribution is -2.40. The first-order valence-electron chi connectivity index (χ1n) is 7.06. The minimum Gasteiger partial charge on any atom is -0.507 e. The van der Waals surface area contributed by atoms with Crippen LogP contribution in [0, 0.1) is 18.8 Å². The van der Waals surface area contributed by atoms with E-state index in [1.54, 1.807) is 12.1 Å². The highest BCUT2D eigenvalue weighted by Gasteiger charge is 2.25. The van der Waals surface area contributed by atoms with Gasteiger partial charge in [0.15, 0.2) is 0 Å². The molecule has 0 aliphatic heterocycles. The van der Waals surface area contributed by atoms with Gasteiger partial charge in [0.25, 0.3) is 5.91 Å². The minimum absolute atomic E-state index is 0.0643. The average molecular weight is 261 g/mol. The molecular formula is C16H23NO2. The number of aromatic hydroxyl groups is 1. The second-order valence-electron chi connectivity index (χ2n) is 6.11. The van der Waals surface area contributed by atoms with Crippen molar-refractivity contribution in [2.45, 2.75) is 46.1 Å². The van der Waals surface area contributed by atoms with Gasteiger partial charge in [0.2, 0.25) is 0 Å². The number of hydrogen-bond acceptors (Lipinski definition) is 2.